The number of hydrogen-bond acceptors (Lipinski definition) is 8. The fraction of sp³-hybridized carbons (Fsp3) is 0.421. The zero-order valence-electron chi connectivity index (χ0n) is 16.5. The summed E-state index contributed by atoms with van der Waals surface area (Å²) in [5, 5.41) is 6.39. The van der Waals surface area contributed by atoms with Gasteiger partial charge in [-0.15, -0.1) is 0 Å². The Hall–Kier alpha value is -3.07. The van der Waals surface area contributed by atoms with Crippen LogP contribution in [0.1, 0.15) is 17.7 Å². The number of methoxy groups -OCH3 is 3. The quantitative estimate of drug-likeness (QED) is 0.614. The molecule has 0 spiro atoms. The molecule has 1 N–H and O–H groups in total. The summed E-state index contributed by atoms with van der Waals surface area (Å²) < 4.78 is 20.2. The number of amides is 1. The van der Waals surface area contributed by atoms with Gasteiger partial charge in [0.25, 0.3) is 0 Å². The first-order valence-electron chi connectivity index (χ1n) is 8.67. The van der Waals surface area contributed by atoms with E-state index in [0.29, 0.717) is 36.2 Å². The summed E-state index contributed by atoms with van der Waals surface area (Å²) in [4.78, 5) is 25.7. The van der Waals surface area contributed by atoms with Crippen molar-refractivity contribution in [1.29, 1.82) is 0 Å². The van der Waals surface area contributed by atoms with Crippen molar-refractivity contribution in [2.24, 2.45) is 0 Å². The lowest BCUT2D eigenvalue weighted by Gasteiger charge is -2.21. The van der Waals surface area contributed by atoms with E-state index < -0.39 is 0 Å². The average molecular weight is 391 g/mol. The number of nitrogens with zero attached hydrogens (tertiary/aromatic N) is 2. The summed E-state index contributed by atoms with van der Waals surface area (Å²) in [6.45, 7) is 2.55. The largest absolute Gasteiger partial charge is 0.497 e. The summed E-state index contributed by atoms with van der Waals surface area (Å²) in [6.07, 6.45) is 0.171. The minimum Gasteiger partial charge on any atom is -0.497 e. The van der Waals surface area contributed by atoms with Crippen LogP contribution in [0, 0.1) is 6.92 Å². The number of hydrogen-bond donors (Lipinski definition) is 1. The molecular formula is C19H25N3O6. The second-order valence-electron chi connectivity index (χ2n) is 6.13. The number of nitrogens with one attached hydrogen (secondary N) is 1. The van der Waals surface area contributed by atoms with Crippen LogP contribution in [0.25, 0.3) is 0 Å². The van der Waals surface area contributed by atoms with Crippen LogP contribution in [-0.4, -0.2) is 56.4 Å². The van der Waals surface area contributed by atoms with Crippen molar-refractivity contribution in [2.45, 2.75) is 19.9 Å². The van der Waals surface area contributed by atoms with Crippen molar-refractivity contribution in [1.82, 2.24) is 10.1 Å². The number of esters is 1. The smallest absolute Gasteiger partial charge is 0.319 e. The highest BCUT2D eigenvalue weighted by Gasteiger charge is 2.15. The first-order chi connectivity index (χ1) is 13.4. The molecule has 0 radical (unpaired) electrons. The van der Waals surface area contributed by atoms with E-state index in [9.17, 15) is 9.59 Å². The lowest BCUT2D eigenvalue weighted by Crippen LogP contribution is -2.33. The fourth-order valence-corrected chi connectivity index (χ4v) is 2.57. The van der Waals surface area contributed by atoms with Crippen molar-refractivity contribution < 1.29 is 28.3 Å². The van der Waals surface area contributed by atoms with Crippen LogP contribution in [-0.2, 0) is 20.9 Å². The number of ether oxygens (including phenoxy) is 3. The van der Waals surface area contributed by atoms with Crippen molar-refractivity contribution in [3.63, 3.8) is 0 Å². The molecule has 0 aliphatic rings. The van der Waals surface area contributed by atoms with Gasteiger partial charge in [-0.3, -0.25) is 14.5 Å². The number of carbonyl (C=O) groups excluding carboxylic acids is 2. The highest BCUT2D eigenvalue weighted by atomic mass is 16.5. The maximum atomic E-state index is 12.2. The predicted molar refractivity (Wildman–Crippen MR) is 101 cm³/mol. The third-order valence-electron chi connectivity index (χ3n) is 3.95. The molecule has 9 nitrogen and oxygen atoms in total. The number of aromatic nitrogens is 1. The van der Waals surface area contributed by atoms with Crippen molar-refractivity contribution in [3.8, 4) is 11.5 Å². The van der Waals surface area contributed by atoms with E-state index in [1.807, 2.05) is 17.0 Å². The molecule has 0 atom stereocenters. The first kappa shape index (κ1) is 21.2. The van der Waals surface area contributed by atoms with E-state index in [4.69, 9.17) is 18.7 Å². The Morgan fingerprint density at radius 3 is 2.32 bits per heavy atom. The van der Waals surface area contributed by atoms with Crippen LogP contribution in [0.5, 0.6) is 11.5 Å². The van der Waals surface area contributed by atoms with Crippen LogP contribution < -0.4 is 14.8 Å². The monoisotopic (exact) mass is 391 g/mol. The van der Waals surface area contributed by atoms with Gasteiger partial charge in [-0.05, 0) is 24.6 Å². The van der Waals surface area contributed by atoms with Gasteiger partial charge < -0.3 is 24.1 Å². The number of carbonyl (C=O) groups is 2. The van der Waals surface area contributed by atoms with Gasteiger partial charge in [0.15, 0.2) is 5.82 Å². The Labute approximate surface area is 163 Å². The number of anilines is 1. The minimum atomic E-state index is -0.387. The zero-order valence-corrected chi connectivity index (χ0v) is 16.5. The molecule has 0 saturated carbocycles. The summed E-state index contributed by atoms with van der Waals surface area (Å²) in [7, 11) is 4.47. The average Bonchev–Trinajstić information content (AvgIpc) is 3.10. The molecule has 0 aliphatic carbocycles. The Kier molecular flexibility index (Phi) is 7.82. The molecular weight excluding hydrogens is 366 g/mol. The third kappa shape index (κ3) is 6.58. The second-order valence-corrected chi connectivity index (χ2v) is 6.13. The maximum absolute atomic E-state index is 12.2. The standard InChI is InChI=1S/C19H25N3O6/c1-13-7-17(21-28-13)20-18(23)5-6-22(12-19(24)27-4)11-14-8-15(25-2)10-16(9-14)26-3/h7-10H,5-6,11-12H2,1-4H3,(H,20,21,23). The van der Waals surface area contributed by atoms with E-state index in [0.717, 1.165) is 5.56 Å². The molecule has 2 aromatic rings. The Bertz CT molecular complexity index is 782. The molecule has 2 rings (SSSR count). The van der Waals surface area contributed by atoms with Gasteiger partial charge in [-0.25, -0.2) is 0 Å². The predicted octanol–water partition coefficient (Wildman–Crippen LogP) is 2.00. The van der Waals surface area contributed by atoms with Gasteiger partial charge in [-0.2, -0.15) is 0 Å². The van der Waals surface area contributed by atoms with Crippen molar-refractivity contribution in [3.05, 3.63) is 35.6 Å². The Balaban J connectivity index is 2.02. The molecule has 1 amide bonds. The van der Waals surface area contributed by atoms with E-state index >= 15 is 0 Å². The molecule has 1 aromatic heterocycles. The molecule has 1 aromatic carbocycles. The van der Waals surface area contributed by atoms with Gasteiger partial charge in [0.2, 0.25) is 5.91 Å². The normalized spacial score (nSPS) is 10.6. The molecule has 0 saturated heterocycles. The molecule has 0 unspecified atom stereocenters. The summed E-state index contributed by atoms with van der Waals surface area (Å²) in [5.74, 6) is 1.64. The molecule has 0 bridgehead atoms. The van der Waals surface area contributed by atoms with Crippen LogP contribution in [0.4, 0.5) is 5.82 Å². The molecule has 0 aliphatic heterocycles. The number of rotatable bonds is 10. The van der Waals surface area contributed by atoms with E-state index in [-0.39, 0.29) is 24.8 Å². The molecule has 152 valence electrons. The topological polar surface area (TPSA) is 103 Å². The highest BCUT2D eigenvalue weighted by Crippen LogP contribution is 2.23. The number of aryl methyl sites for hydroxylation is 1. The third-order valence-corrected chi connectivity index (χ3v) is 3.95. The van der Waals surface area contributed by atoms with Gasteiger partial charge in [0.05, 0.1) is 27.9 Å². The van der Waals surface area contributed by atoms with E-state index in [2.05, 4.69) is 10.5 Å². The number of benzene rings is 1. The highest BCUT2D eigenvalue weighted by molar-refractivity contribution is 5.89. The zero-order chi connectivity index (χ0) is 20.5. The molecule has 1 heterocycles. The van der Waals surface area contributed by atoms with Crippen LogP contribution in [0.15, 0.2) is 28.8 Å². The van der Waals surface area contributed by atoms with Crippen molar-refractivity contribution >= 4 is 17.7 Å². The van der Waals surface area contributed by atoms with Crippen LogP contribution in [0.3, 0.4) is 0 Å². The lowest BCUT2D eigenvalue weighted by molar-refractivity contribution is -0.142. The van der Waals surface area contributed by atoms with Gasteiger partial charge in [0.1, 0.15) is 17.3 Å². The SMILES string of the molecule is COC(=O)CN(CCC(=O)Nc1cc(C)on1)Cc1cc(OC)cc(OC)c1. The van der Waals surface area contributed by atoms with E-state index in [1.54, 1.807) is 33.3 Å². The summed E-state index contributed by atoms with van der Waals surface area (Å²) in [6, 6.07) is 7.10. The Morgan fingerprint density at radius 2 is 1.79 bits per heavy atom. The second kappa shape index (κ2) is 10.3. The molecule has 9 heteroatoms. The fourth-order valence-electron chi connectivity index (χ4n) is 2.57. The maximum Gasteiger partial charge on any atom is 0.319 e. The van der Waals surface area contributed by atoms with Crippen molar-refractivity contribution in [2.75, 3.05) is 39.7 Å². The first-order valence-corrected chi connectivity index (χ1v) is 8.67. The summed E-state index contributed by atoms with van der Waals surface area (Å²) >= 11 is 0. The van der Waals surface area contributed by atoms with Gasteiger partial charge >= 0.3 is 5.97 Å². The van der Waals surface area contributed by atoms with Gasteiger partial charge in [0, 0.05) is 31.6 Å². The Morgan fingerprint density at radius 1 is 1.11 bits per heavy atom. The molecule has 0 fully saturated rings. The summed E-state index contributed by atoms with van der Waals surface area (Å²) in [5.41, 5.74) is 0.882. The lowest BCUT2D eigenvalue weighted by atomic mass is 10.1. The van der Waals surface area contributed by atoms with Gasteiger partial charge in [-0.1, -0.05) is 5.16 Å². The molecule has 28 heavy (non-hydrogen) atoms. The van der Waals surface area contributed by atoms with Crippen LogP contribution in [0.2, 0.25) is 0 Å². The van der Waals surface area contributed by atoms with E-state index in [1.165, 1.54) is 7.11 Å². The van der Waals surface area contributed by atoms with Crippen LogP contribution >= 0.6 is 0 Å². The minimum absolute atomic E-state index is 0.0480.